The van der Waals surface area contributed by atoms with Crippen LogP contribution < -0.4 is 5.32 Å². The normalized spacial score (nSPS) is 12.6. The molecule has 0 spiro atoms. The first-order valence-corrected chi connectivity index (χ1v) is 10.7. The van der Waals surface area contributed by atoms with Crippen molar-refractivity contribution in [1.82, 2.24) is 19.6 Å². The van der Waals surface area contributed by atoms with Crippen LogP contribution in [0.5, 0.6) is 0 Å². The Bertz CT molecular complexity index is 1200. The monoisotopic (exact) mass is 525 g/mol. The van der Waals surface area contributed by atoms with Gasteiger partial charge in [0.2, 0.25) is 5.91 Å². The third-order valence-corrected chi connectivity index (χ3v) is 6.01. The highest BCUT2D eigenvalue weighted by atomic mass is 35.5. The van der Waals surface area contributed by atoms with Gasteiger partial charge in [0.25, 0.3) is 12.9 Å². The molecule has 0 fully saturated rings. The first-order valence-electron chi connectivity index (χ1n) is 9.55. The fraction of sp³-hybridized carbons (Fsp3) is 0.350. The van der Waals surface area contributed by atoms with E-state index in [4.69, 9.17) is 34.8 Å². The molecule has 0 saturated heterocycles. The lowest BCUT2D eigenvalue weighted by atomic mass is 10.2. The van der Waals surface area contributed by atoms with E-state index in [1.165, 1.54) is 6.92 Å². The molecular formula is C20H18Cl3F4N5O. The number of carbonyl (C=O) groups is 1. The van der Waals surface area contributed by atoms with Crippen LogP contribution in [0.25, 0.3) is 0 Å². The molecule has 0 bridgehead atoms. The van der Waals surface area contributed by atoms with Crippen molar-refractivity contribution in [2.75, 3.05) is 5.32 Å². The molecule has 0 radical (unpaired) electrons. The second kappa shape index (κ2) is 9.90. The summed E-state index contributed by atoms with van der Waals surface area (Å²) in [6, 6.07) is 3.67. The number of nitrogens with zero attached hydrogens (tertiary/aromatic N) is 4. The van der Waals surface area contributed by atoms with E-state index in [0.717, 1.165) is 5.56 Å². The molecule has 3 aromatic rings. The highest BCUT2D eigenvalue weighted by Crippen LogP contribution is 2.36. The molecule has 1 amide bonds. The minimum absolute atomic E-state index is 0.288. The number of hydrogen-bond donors (Lipinski definition) is 1. The van der Waals surface area contributed by atoms with E-state index in [0.29, 0.717) is 31.8 Å². The largest absolute Gasteiger partial charge is 0.321 e. The van der Waals surface area contributed by atoms with Crippen molar-refractivity contribution in [3.8, 4) is 0 Å². The highest BCUT2D eigenvalue weighted by molar-refractivity contribution is 6.35. The number of amides is 1. The smallest absolute Gasteiger partial charge is 0.283 e. The summed E-state index contributed by atoms with van der Waals surface area (Å²) in [6.07, 6.45) is -6.38. The van der Waals surface area contributed by atoms with Gasteiger partial charge < -0.3 is 5.32 Å². The summed E-state index contributed by atoms with van der Waals surface area (Å²) >= 11 is 17.8. The van der Waals surface area contributed by atoms with Crippen molar-refractivity contribution in [2.45, 2.75) is 46.2 Å². The van der Waals surface area contributed by atoms with E-state index >= 15 is 0 Å². The maximum Gasteiger partial charge on any atom is 0.283 e. The molecule has 3 rings (SSSR count). The van der Waals surface area contributed by atoms with Gasteiger partial charge in [0.15, 0.2) is 0 Å². The van der Waals surface area contributed by atoms with Crippen molar-refractivity contribution in [2.24, 2.45) is 0 Å². The van der Waals surface area contributed by atoms with Crippen LogP contribution >= 0.6 is 34.8 Å². The number of benzene rings is 1. The van der Waals surface area contributed by atoms with E-state index in [1.807, 2.05) is 0 Å². The van der Waals surface area contributed by atoms with Gasteiger partial charge in [-0.1, -0.05) is 40.9 Å². The van der Waals surface area contributed by atoms with Gasteiger partial charge in [-0.3, -0.25) is 9.48 Å². The summed E-state index contributed by atoms with van der Waals surface area (Å²) in [6.45, 7) is 4.89. The molecule has 2 aromatic heterocycles. The van der Waals surface area contributed by atoms with Crippen LogP contribution in [-0.2, 0) is 11.3 Å². The molecule has 0 aliphatic heterocycles. The molecular weight excluding hydrogens is 509 g/mol. The Morgan fingerprint density at radius 3 is 2.33 bits per heavy atom. The molecule has 0 saturated carbocycles. The van der Waals surface area contributed by atoms with Gasteiger partial charge in [-0.05, 0) is 38.5 Å². The molecule has 6 nitrogen and oxygen atoms in total. The van der Waals surface area contributed by atoms with Crippen LogP contribution in [0.2, 0.25) is 15.1 Å². The average Bonchev–Trinajstić information content (AvgIpc) is 3.21. The number of rotatable bonds is 7. The van der Waals surface area contributed by atoms with Crippen LogP contribution in [0.3, 0.4) is 0 Å². The van der Waals surface area contributed by atoms with Crippen molar-refractivity contribution in [1.29, 1.82) is 0 Å². The van der Waals surface area contributed by atoms with Crippen LogP contribution in [0.1, 0.15) is 54.2 Å². The lowest BCUT2D eigenvalue weighted by Crippen LogP contribution is -2.26. The Balaban J connectivity index is 1.87. The molecule has 0 aliphatic carbocycles. The molecule has 1 aromatic carbocycles. The fourth-order valence-corrected chi connectivity index (χ4v) is 4.02. The van der Waals surface area contributed by atoms with Gasteiger partial charge in [-0.2, -0.15) is 10.2 Å². The van der Waals surface area contributed by atoms with E-state index in [1.54, 1.807) is 36.7 Å². The number of halogens is 7. The van der Waals surface area contributed by atoms with Gasteiger partial charge in [-0.15, -0.1) is 0 Å². The number of anilines is 1. The second-order valence-electron chi connectivity index (χ2n) is 7.23. The number of hydrogen-bond acceptors (Lipinski definition) is 3. The third kappa shape index (κ3) is 5.12. The zero-order valence-corrected chi connectivity index (χ0v) is 19.8. The quantitative estimate of drug-likeness (QED) is 0.345. The predicted molar refractivity (Wildman–Crippen MR) is 118 cm³/mol. The van der Waals surface area contributed by atoms with Gasteiger partial charge in [0.05, 0.1) is 28.6 Å². The fourth-order valence-electron chi connectivity index (χ4n) is 3.26. The minimum Gasteiger partial charge on any atom is -0.321 e. The summed E-state index contributed by atoms with van der Waals surface area (Å²) in [5, 5.41) is 10.5. The Labute approximate surface area is 201 Å². The summed E-state index contributed by atoms with van der Waals surface area (Å²) in [7, 11) is 0. The maximum atomic E-state index is 13.5. The second-order valence-corrected chi connectivity index (χ2v) is 8.46. The number of alkyl halides is 4. The summed E-state index contributed by atoms with van der Waals surface area (Å²) in [4.78, 5) is 12.8. The van der Waals surface area contributed by atoms with Crippen LogP contribution in [0.15, 0.2) is 18.2 Å². The van der Waals surface area contributed by atoms with Crippen molar-refractivity contribution >= 4 is 46.4 Å². The summed E-state index contributed by atoms with van der Waals surface area (Å²) < 4.78 is 55.2. The van der Waals surface area contributed by atoms with E-state index < -0.39 is 41.2 Å². The average molecular weight is 527 g/mol. The molecule has 1 N–H and O–H groups in total. The first kappa shape index (κ1) is 25.3. The van der Waals surface area contributed by atoms with Crippen LogP contribution in [0, 0.1) is 13.8 Å². The Kier molecular flexibility index (Phi) is 7.60. The van der Waals surface area contributed by atoms with Crippen molar-refractivity contribution < 1.29 is 22.4 Å². The molecule has 33 heavy (non-hydrogen) atoms. The van der Waals surface area contributed by atoms with E-state index in [9.17, 15) is 22.4 Å². The Hall–Kier alpha value is -2.30. The first-order chi connectivity index (χ1) is 15.4. The molecule has 1 unspecified atom stereocenters. The number of nitrogens with one attached hydrogen (secondary N) is 1. The predicted octanol–water partition coefficient (Wildman–Crippen LogP) is 6.78. The summed E-state index contributed by atoms with van der Waals surface area (Å²) in [5.74, 6) is -0.757. The number of aromatic nitrogens is 4. The van der Waals surface area contributed by atoms with Gasteiger partial charge in [0.1, 0.15) is 17.4 Å². The third-order valence-electron chi connectivity index (χ3n) is 5.04. The van der Waals surface area contributed by atoms with E-state index in [2.05, 4.69) is 15.5 Å². The van der Waals surface area contributed by atoms with Gasteiger partial charge in [0, 0.05) is 10.0 Å². The molecule has 1 atom stereocenters. The maximum absolute atomic E-state index is 13.5. The zero-order valence-electron chi connectivity index (χ0n) is 17.5. The standard InChI is InChI=1S/C20H18Cl3F4N5O/c1-8-15(9(2)31(29-8)7-11-4-5-12(21)6-13(11)22)28-20(33)10(3)32-17(19(26)27)14(23)16(30-32)18(24)25/h4-6,10,18-19H,7H2,1-3H3,(H,28,33). The topological polar surface area (TPSA) is 64.7 Å². The Morgan fingerprint density at radius 2 is 1.76 bits per heavy atom. The summed E-state index contributed by atoms with van der Waals surface area (Å²) in [5.41, 5.74) is 0.162. The SMILES string of the molecule is Cc1nn(Cc2ccc(Cl)cc2Cl)c(C)c1NC(=O)C(C)n1nc(C(F)F)c(Cl)c1C(F)F. The van der Waals surface area contributed by atoms with Crippen molar-refractivity contribution in [3.63, 3.8) is 0 Å². The highest BCUT2D eigenvalue weighted by Gasteiger charge is 2.32. The van der Waals surface area contributed by atoms with Crippen molar-refractivity contribution in [3.05, 3.63) is 61.6 Å². The van der Waals surface area contributed by atoms with Crippen LogP contribution in [0.4, 0.5) is 23.2 Å². The molecule has 13 heteroatoms. The minimum atomic E-state index is -3.21. The zero-order chi connectivity index (χ0) is 24.6. The molecule has 0 aliphatic rings. The van der Waals surface area contributed by atoms with E-state index in [-0.39, 0.29) is 6.54 Å². The lowest BCUT2D eigenvalue weighted by molar-refractivity contribution is -0.119. The number of carbonyl (C=O) groups excluding carboxylic acids is 1. The van der Waals surface area contributed by atoms with Gasteiger partial charge in [-0.25, -0.2) is 22.2 Å². The number of aryl methyl sites for hydroxylation is 1. The Morgan fingerprint density at radius 1 is 1.09 bits per heavy atom. The van der Waals surface area contributed by atoms with Crippen LogP contribution in [-0.4, -0.2) is 25.5 Å². The lowest BCUT2D eigenvalue weighted by Gasteiger charge is -2.16. The molecule has 2 heterocycles. The molecule has 178 valence electrons. The van der Waals surface area contributed by atoms with Gasteiger partial charge >= 0.3 is 0 Å².